The predicted molar refractivity (Wildman–Crippen MR) is 66.6 cm³/mol. The van der Waals surface area contributed by atoms with Gasteiger partial charge in [0, 0.05) is 30.9 Å². The topological polar surface area (TPSA) is 34.0 Å². The summed E-state index contributed by atoms with van der Waals surface area (Å²) in [5.74, 6) is 0.154. The molecule has 0 saturated heterocycles. The van der Waals surface area contributed by atoms with Gasteiger partial charge in [-0.25, -0.2) is 0 Å². The smallest absolute Gasteiger partial charge is 0.220 e. The second kappa shape index (κ2) is 5.73. The normalized spacial score (nSPS) is 10.5. The third-order valence-electron chi connectivity index (χ3n) is 2.96. The van der Waals surface area contributed by atoms with E-state index in [0.717, 1.165) is 13.0 Å². The lowest BCUT2D eigenvalue weighted by Gasteiger charge is -2.10. The summed E-state index contributed by atoms with van der Waals surface area (Å²) >= 11 is 0. The Hall–Kier alpha value is -1.25. The van der Waals surface area contributed by atoms with Crippen LogP contribution in [-0.2, 0) is 11.3 Å². The van der Waals surface area contributed by atoms with Gasteiger partial charge in [0.05, 0.1) is 0 Å². The molecule has 0 bridgehead atoms. The summed E-state index contributed by atoms with van der Waals surface area (Å²) in [5.41, 5.74) is 3.87. The second-order valence-electron chi connectivity index (χ2n) is 4.31. The van der Waals surface area contributed by atoms with Crippen LogP contribution >= 0.6 is 0 Å². The molecule has 0 radical (unpaired) electrons. The molecule has 0 unspecified atom stereocenters. The maximum Gasteiger partial charge on any atom is 0.220 e. The molecule has 0 fully saturated rings. The van der Waals surface area contributed by atoms with Gasteiger partial charge in [-0.05, 0) is 38.8 Å². The number of amides is 1. The van der Waals surface area contributed by atoms with E-state index in [1.165, 1.54) is 17.0 Å². The predicted octanol–water partition coefficient (Wildman–Crippen LogP) is 2.33. The average Bonchev–Trinajstić information content (AvgIpc) is 2.45. The Morgan fingerprint density at radius 3 is 2.56 bits per heavy atom. The standard InChI is InChI=1S/C13H22N2O/c1-5-6-13(16)14-7-8-15-11(3)9-10(2)12(15)4/h9H,5-8H2,1-4H3,(H,14,16). The van der Waals surface area contributed by atoms with Crippen LogP contribution in [0.1, 0.15) is 36.7 Å². The molecule has 1 aromatic heterocycles. The van der Waals surface area contributed by atoms with E-state index in [1.54, 1.807) is 0 Å². The molecule has 1 N–H and O–H groups in total. The van der Waals surface area contributed by atoms with Crippen LogP contribution in [0.2, 0.25) is 0 Å². The molecule has 0 aliphatic carbocycles. The van der Waals surface area contributed by atoms with Crippen molar-refractivity contribution in [1.29, 1.82) is 0 Å². The number of aryl methyl sites for hydroxylation is 2. The number of carbonyl (C=O) groups is 1. The zero-order valence-corrected chi connectivity index (χ0v) is 10.8. The molecule has 1 amide bonds. The van der Waals surface area contributed by atoms with E-state index in [0.29, 0.717) is 13.0 Å². The van der Waals surface area contributed by atoms with Gasteiger partial charge in [0.1, 0.15) is 0 Å². The molecular formula is C13H22N2O. The van der Waals surface area contributed by atoms with Crippen molar-refractivity contribution < 1.29 is 4.79 Å². The zero-order valence-electron chi connectivity index (χ0n) is 10.8. The van der Waals surface area contributed by atoms with Crippen LogP contribution in [0, 0.1) is 20.8 Å². The minimum atomic E-state index is 0.154. The molecule has 0 aliphatic heterocycles. The largest absolute Gasteiger partial charge is 0.354 e. The fourth-order valence-electron chi connectivity index (χ4n) is 1.94. The highest BCUT2D eigenvalue weighted by Crippen LogP contribution is 2.12. The highest BCUT2D eigenvalue weighted by molar-refractivity contribution is 5.75. The molecule has 0 saturated carbocycles. The van der Waals surface area contributed by atoms with Crippen LogP contribution in [0.25, 0.3) is 0 Å². The minimum absolute atomic E-state index is 0.154. The molecule has 0 spiro atoms. The summed E-state index contributed by atoms with van der Waals surface area (Å²) in [5, 5.41) is 2.94. The lowest BCUT2D eigenvalue weighted by Crippen LogP contribution is -2.27. The Bertz CT molecular complexity index is 366. The SMILES string of the molecule is CCCC(=O)NCCn1c(C)cc(C)c1C. The first-order valence-electron chi connectivity index (χ1n) is 5.96. The molecule has 1 heterocycles. The van der Waals surface area contributed by atoms with Gasteiger partial charge in [-0.1, -0.05) is 6.92 Å². The number of rotatable bonds is 5. The molecule has 1 rings (SSSR count). The Kier molecular flexibility index (Phi) is 4.59. The Morgan fingerprint density at radius 1 is 1.38 bits per heavy atom. The van der Waals surface area contributed by atoms with Gasteiger partial charge in [-0.3, -0.25) is 4.79 Å². The maximum absolute atomic E-state index is 11.3. The Morgan fingerprint density at radius 2 is 2.06 bits per heavy atom. The number of aromatic nitrogens is 1. The van der Waals surface area contributed by atoms with Crippen molar-refractivity contribution in [2.75, 3.05) is 6.54 Å². The number of carbonyl (C=O) groups excluding carboxylic acids is 1. The van der Waals surface area contributed by atoms with E-state index in [1.807, 2.05) is 6.92 Å². The first-order valence-corrected chi connectivity index (χ1v) is 5.96. The van der Waals surface area contributed by atoms with Gasteiger partial charge in [0.25, 0.3) is 0 Å². The van der Waals surface area contributed by atoms with Gasteiger partial charge >= 0.3 is 0 Å². The van der Waals surface area contributed by atoms with Crippen LogP contribution < -0.4 is 5.32 Å². The summed E-state index contributed by atoms with van der Waals surface area (Å²) < 4.78 is 2.25. The summed E-state index contributed by atoms with van der Waals surface area (Å²) in [6.07, 6.45) is 1.54. The molecule has 0 atom stereocenters. The van der Waals surface area contributed by atoms with E-state index in [9.17, 15) is 4.79 Å². The molecule has 3 heteroatoms. The highest BCUT2D eigenvalue weighted by Gasteiger charge is 2.05. The van der Waals surface area contributed by atoms with E-state index >= 15 is 0 Å². The number of nitrogens with zero attached hydrogens (tertiary/aromatic N) is 1. The van der Waals surface area contributed by atoms with E-state index < -0.39 is 0 Å². The Balaban J connectivity index is 2.46. The van der Waals surface area contributed by atoms with Crippen LogP contribution in [0.15, 0.2) is 6.07 Å². The number of nitrogens with one attached hydrogen (secondary N) is 1. The van der Waals surface area contributed by atoms with E-state index in [2.05, 4.69) is 36.7 Å². The fourth-order valence-corrected chi connectivity index (χ4v) is 1.94. The molecular weight excluding hydrogens is 200 g/mol. The first kappa shape index (κ1) is 12.8. The van der Waals surface area contributed by atoms with Crippen molar-refractivity contribution in [3.63, 3.8) is 0 Å². The summed E-state index contributed by atoms with van der Waals surface area (Å²) in [7, 11) is 0. The third-order valence-corrected chi connectivity index (χ3v) is 2.96. The summed E-state index contributed by atoms with van der Waals surface area (Å²) in [6.45, 7) is 9.94. The third kappa shape index (κ3) is 3.12. The first-order chi connectivity index (χ1) is 7.56. The van der Waals surface area contributed by atoms with E-state index in [-0.39, 0.29) is 5.91 Å². The van der Waals surface area contributed by atoms with Gasteiger partial charge in [0.2, 0.25) is 5.91 Å². The summed E-state index contributed by atoms with van der Waals surface area (Å²) in [6, 6.07) is 2.18. The lowest BCUT2D eigenvalue weighted by molar-refractivity contribution is -0.121. The van der Waals surface area contributed by atoms with Gasteiger partial charge in [0.15, 0.2) is 0 Å². The van der Waals surface area contributed by atoms with Gasteiger partial charge < -0.3 is 9.88 Å². The van der Waals surface area contributed by atoms with Crippen molar-refractivity contribution in [2.45, 2.75) is 47.1 Å². The van der Waals surface area contributed by atoms with Crippen molar-refractivity contribution in [3.8, 4) is 0 Å². The average molecular weight is 222 g/mol. The summed E-state index contributed by atoms with van der Waals surface area (Å²) in [4.78, 5) is 11.3. The van der Waals surface area contributed by atoms with Crippen molar-refractivity contribution in [1.82, 2.24) is 9.88 Å². The molecule has 3 nitrogen and oxygen atoms in total. The molecule has 16 heavy (non-hydrogen) atoms. The van der Waals surface area contributed by atoms with Crippen LogP contribution in [0.5, 0.6) is 0 Å². The quantitative estimate of drug-likeness (QED) is 0.815. The molecule has 1 aromatic rings. The highest BCUT2D eigenvalue weighted by atomic mass is 16.1. The lowest BCUT2D eigenvalue weighted by atomic mass is 10.3. The van der Waals surface area contributed by atoms with Crippen LogP contribution in [-0.4, -0.2) is 17.0 Å². The van der Waals surface area contributed by atoms with Crippen molar-refractivity contribution >= 4 is 5.91 Å². The van der Waals surface area contributed by atoms with E-state index in [4.69, 9.17) is 0 Å². The van der Waals surface area contributed by atoms with Crippen LogP contribution in [0.3, 0.4) is 0 Å². The van der Waals surface area contributed by atoms with Gasteiger partial charge in [-0.15, -0.1) is 0 Å². The number of hydrogen-bond donors (Lipinski definition) is 1. The van der Waals surface area contributed by atoms with Crippen LogP contribution in [0.4, 0.5) is 0 Å². The molecule has 90 valence electrons. The minimum Gasteiger partial charge on any atom is -0.354 e. The zero-order chi connectivity index (χ0) is 12.1. The monoisotopic (exact) mass is 222 g/mol. The second-order valence-corrected chi connectivity index (χ2v) is 4.31. The Labute approximate surface area is 97.8 Å². The molecule has 0 aliphatic rings. The fraction of sp³-hybridized carbons (Fsp3) is 0.615. The maximum atomic E-state index is 11.3. The van der Waals surface area contributed by atoms with Crippen molar-refractivity contribution in [2.24, 2.45) is 0 Å². The van der Waals surface area contributed by atoms with Crippen molar-refractivity contribution in [3.05, 3.63) is 23.0 Å². The molecule has 0 aromatic carbocycles. The van der Waals surface area contributed by atoms with Gasteiger partial charge in [-0.2, -0.15) is 0 Å². The number of hydrogen-bond acceptors (Lipinski definition) is 1.